The van der Waals surface area contributed by atoms with Gasteiger partial charge in [0.2, 0.25) is 0 Å². The van der Waals surface area contributed by atoms with Gasteiger partial charge in [0.05, 0.1) is 11.9 Å². The van der Waals surface area contributed by atoms with Crippen molar-refractivity contribution in [3.05, 3.63) is 0 Å². The fourth-order valence-corrected chi connectivity index (χ4v) is 3.45. The smallest absolute Gasteiger partial charge is 0.151 e. The minimum Gasteiger partial charge on any atom is -0.313 e. The zero-order valence-electron chi connectivity index (χ0n) is 8.50. The van der Waals surface area contributed by atoms with Gasteiger partial charge in [-0.2, -0.15) is 0 Å². The van der Waals surface area contributed by atoms with Crippen LogP contribution in [0.25, 0.3) is 0 Å². The van der Waals surface area contributed by atoms with E-state index in [2.05, 4.69) is 5.32 Å². The molecule has 0 spiro atoms. The standard InChI is InChI=1S/C9H18FNO2S/c1-14(12,13)9-5-2-4-8(9)11-7-3-6-10/h8-9,11H,2-7H2,1H3. The molecule has 0 bridgehead atoms. The number of rotatable bonds is 5. The van der Waals surface area contributed by atoms with Gasteiger partial charge in [-0.05, 0) is 25.8 Å². The third-order valence-electron chi connectivity index (χ3n) is 2.72. The molecule has 0 heterocycles. The summed E-state index contributed by atoms with van der Waals surface area (Å²) in [6.07, 6.45) is 4.33. The molecule has 0 aromatic rings. The van der Waals surface area contributed by atoms with Gasteiger partial charge in [-0.15, -0.1) is 0 Å². The van der Waals surface area contributed by atoms with Crippen LogP contribution in [0.1, 0.15) is 25.7 Å². The monoisotopic (exact) mass is 223 g/mol. The van der Waals surface area contributed by atoms with Gasteiger partial charge in [0, 0.05) is 12.3 Å². The molecule has 1 saturated carbocycles. The number of sulfone groups is 1. The Kier molecular flexibility index (Phi) is 4.31. The van der Waals surface area contributed by atoms with Crippen molar-refractivity contribution in [3.63, 3.8) is 0 Å². The second-order valence-electron chi connectivity index (χ2n) is 3.90. The van der Waals surface area contributed by atoms with Crippen molar-refractivity contribution in [2.75, 3.05) is 19.5 Å². The van der Waals surface area contributed by atoms with Crippen molar-refractivity contribution in [3.8, 4) is 0 Å². The van der Waals surface area contributed by atoms with Gasteiger partial charge in [-0.25, -0.2) is 8.42 Å². The Morgan fingerprint density at radius 3 is 2.71 bits per heavy atom. The number of hydrogen-bond acceptors (Lipinski definition) is 3. The third-order valence-corrected chi connectivity index (χ3v) is 4.38. The van der Waals surface area contributed by atoms with Crippen LogP contribution in [0.5, 0.6) is 0 Å². The first kappa shape index (κ1) is 11.9. The summed E-state index contributed by atoms with van der Waals surface area (Å²) in [4.78, 5) is 0. The molecule has 1 rings (SSSR count). The quantitative estimate of drug-likeness (QED) is 0.704. The molecule has 1 aliphatic carbocycles. The molecule has 0 aliphatic heterocycles. The van der Waals surface area contributed by atoms with Crippen molar-refractivity contribution < 1.29 is 12.8 Å². The maximum atomic E-state index is 11.8. The first-order chi connectivity index (χ1) is 6.55. The minimum absolute atomic E-state index is 0.0385. The van der Waals surface area contributed by atoms with Crippen LogP contribution in [0.4, 0.5) is 4.39 Å². The molecule has 3 nitrogen and oxygen atoms in total. The van der Waals surface area contributed by atoms with Gasteiger partial charge >= 0.3 is 0 Å². The first-order valence-corrected chi connectivity index (χ1v) is 6.99. The van der Waals surface area contributed by atoms with Crippen LogP contribution in [-0.2, 0) is 9.84 Å². The Bertz CT molecular complexity index is 266. The van der Waals surface area contributed by atoms with E-state index in [0.717, 1.165) is 19.3 Å². The van der Waals surface area contributed by atoms with Gasteiger partial charge in [-0.1, -0.05) is 6.42 Å². The molecular weight excluding hydrogens is 205 g/mol. The van der Waals surface area contributed by atoms with Crippen LogP contribution in [0.2, 0.25) is 0 Å². The molecule has 1 fully saturated rings. The molecule has 14 heavy (non-hydrogen) atoms. The molecule has 0 amide bonds. The van der Waals surface area contributed by atoms with Gasteiger partial charge in [0.1, 0.15) is 0 Å². The molecule has 0 radical (unpaired) electrons. The highest BCUT2D eigenvalue weighted by Gasteiger charge is 2.33. The Balaban J connectivity index is 2.44. The molecule has 0 saturated heterocycles. The normalized spacial score (nSPS) is 28.1. The van der Waals surface area contributed by atoms with E-state index < -0.39 is 9.84 Å². The van der Waals surface area contributed by atoms with Crippen LogP contribution < -0.4 is 5.32 Å². The van der Waals surface area contributed by atoms with Gasteiger partial charge < -0.3 is 5.32 Å². The van der Waals surface area contributed by atoms with E-state index in [0.29, 0.717) is 13.0 Å². The lowest BCUT2D eigenvalue weighted by Gasteiger charge is -2.19. The van der Waals surface area contributed by atoms with Crippen molar-refractivity contribution in [1.29, 1.82) is 0 Å². The summed E-state index contributed by atoms with van der Waals surface area (Å²) in [6, 6.07) is 0.0385. The van der Waals surface area contributed by atoms with E-state index >= 15 is 0 Å². The minimum atomic E-state index is -2.95. The van der Waals surface area contributed by atoms with Gasteiger partial charge in [-0.3, -0.25) is 4.39 Å². The van der Waals surface area contributed by atoms with Crippen LogP contribution in [-0.4, -0.2) is 39.2 Å². The molecule has 0 aromatic carbocycles. The van der Waals surface area contributed by atoms with Crippen molar-refractivity contribution in [2.24, 2.45) is 0 Å². The predicted molar refractivity (Wildman–Crippen MR) is 54.9 cm³/mol. The fourth-order valence-electron chi connectivity index (χ4n) is 2.03. The molecule has 1 N–H and O–H groups in total. The highest BCUT2D eigenvalue weighted by atomic mass is 32.2. The van der Waals surface area contributed by atoms with Crippen molar-refractivity contribution in [1.82, 2.24) is 5.32 Å². The maximum absolute atomic E-state index is 11.8. The lowest BCUT2D eigenvalue weighted by atomic mass is 10.2. The van der Waals surface area contributed by atoms with E-state index in [1.165, 1.54) is 6.26 Å². The lowest BCUT2D eigenvalue weighted by Crippen LogP contribution is -2.40. The number of halogens is 1. The molecule has 84 valence electrons. The first-order valence-electron chi connectivity index (χ1n) is 5.04. The zero-order chi connectivity index (χ0) is 10.6. The number of alkyl halides is 1. The van der Waals surface area contributed by atoms with E-state index in [1.807, 2.05) is 0 Å². The average molecular weight is 223 g/mol. The van der Waals surface area contributed by atoms with E-state index in [4.69, 9.17) is 0 Å². The Labute approximate surface area is 85.0 Å². The average Bonchev–Trinajstić information content (AvgIpc) is 2.52. The van der Waals surface area contributed by atoms with E-state index in [9.17, 15) is 12.8 Å². The van der Waals surface area contributed by atoms with Crippen molar-refractivity contribution in [2.45, 2.75) is 37.0 Å². The summed E-state index contributed by atoms with van der Waals surface area (Å²) < 4.78 is 34.6. The maximum Gasteiger partial charge on any atom is 0.151 e. The van der Waals surface area contributed by atoms with Crippen LogP contribution in [0.3, 0.4) is 0 Å². The molecule has 1 aliphatic rings. The number of hydrogen-bond donors (Lipinski definition) is 1. The summed E-state index contributed by atoms with van der Waals surface area (Å²) in [6.45, 7) is 0.233. The molecule has 5 heteroatoms. The summed E-state index contributed by atoms with van der Waals surface area (Å²) in [7, 11) is -2.95. The highest BCUT2D eigenvalue weighted by Crippen LogP contribution is 2.24. The Morgan fingerprint density at radius 2 is 2.14 bits per heavy atom. The zero-order valence-corrected chi connectivity index (χ0v) is 9.32. The van der Waals surface area contributed by atoms with Crippen molar-refractivity contribution >= 4 is 9.84 Å². The van der Waals surface area contributed by atoms with Crippen LogP contribution >= 0.6 is 0 Å². The molecule has 2 unspecified atom stereocenters. The molecule has 0 aromatic heterocycles. The summed E-state index contributed by atoms with van der Waals surface area (Å²) >= 11 is 0. The van der Waals surface area contributed by atoms with Crippen LogP contribution in [0, 0.1) is 0 Å². The van der Waals surface area contributed by atoms with E-state index in [1.54, 1.807) is 0 Å². The Hall–Kier alpha value is -0.160. The summed E-state index contributed by atoms with van der Waals surface area (Å²) in [5.74, 6) is 0. The molecular formula is C9H18FNO2S. The van der Waals surface area contributed by atoms with E-state index in [-0.39, 0.29) is 18.0 Å². The largest absolute Gasteiger partial charge is 0.313 e. The second kappa shape index (κ2) is 5.07. The predicted octanol–water partition coefficient (Wildman–Crippen LogP) is 0.901. The lowest BCUT2D eigenvalue weighted by molar-refractivity contribution is 0.435. The summed E-state index contributed by atoms with van der Waals surface area (Å²) in [5.41, 5.74) is 0. The highest BCUT2D eigenvalue weighted by molar-refractivity contribution is 7.91. The summed E-state index contributed by atoms with van der Waals surface area (Å²) in [5, 5.41) is 2.86. The number of nitrogens with one attached hydrogen (secondary N) is 1. The molecule has 2 atom stereocenters. The third kappa shape index (κ3) is 3.20. The van der Waals surface area contributed by atoms with Gasteiger partial charge in [0.15, 0.2) is 9.84 Å². The van der Waals surface area contributed by atoms with Crippen LogP contribution in [0.15, 0.2) is 0 Å². The fraction of sp³-hybridized carbons (Fsp3) is 1.00. The van der Waals surface area contributed by atoms with Gasteiger partial charge in [0.25, 0.3) is 0 Å². The second-order valence-corrected chi connectivity index (χ2v) is 6.17. The Morgan fingerprint density at radius 1 is 1.43 bits per heavy atom. The SMILES string of the molecule is CS(=O)(=O)C1CCCC1NCCCF. The topological polar surface area (TPSA) is 46.2 Å².